The van der Waals surface area contributed by atoms with Crippen LogP contribution in [0.1, 0.15) is 15.9 Å². The number of nitrogens with zero attached hydrogens (tertiary/aromatic N) is 1. The standard InChI is InChI=1S/C12H17NO5/c1-9-3-4-13-11(10(9)12(14)15)18-8-7-17-6-5-16-2/h3-4H,5-8H2,1-2H3,(H,14,15). The number of hydrogen-bond donors (Lipinski definition) is 1. The molecule has 1 N–H and O–H groups in total. The SMILES string of the molecule is COCCOCCOc1nccc(C)c1C(=O)O. The highest BCUT2D eigenvalue weighted by atomic mass is 16.5. The van der Waals surface area contributed by atoms with E-state index in [4.69, 9.17) is 19.3 Å². The summed E-state index contributed by atoms with van der Waals surface area (Å²) in [5.74, 6) is -0.922. The van der Waals surface area contributed by atoms with Crippen molar-refractivity contribution < 1.29 is 24.1 Å². The van der Waals surface area contributed by atoms with E-state index in [0.717, 1.165) is 0 Å². The largest absolute Gasteiger partial charge is 0.477 e. The molecule has 0 amide bonds. The summed E-state index contributed by atoms with van der Waals surface area (Å²) < 4.78 is 15.3. The fourth-order valence-corrected chi connectivity index (χ4v) is 1.34. The number of pyridine rings is 1. The molecule has 1 heterocycles. The fourth-order valence-electron chi connectivity index (χ4n) is 1.34. The number of methoxy groups -OCH3 is 1. The minimum atomic E-state index is -1.05. The predicted molar refractivity (Wildman–Crippen MR) is 64.1 cm³/mol. The zero-order valence-electron chi connectivity index (χ0n) is 10.5. The Kier molecular flexibility index (Phi) is 6.10. The van der Waals surface area contributed by atoms with Crippen molar-refractivity contribution in [1.29, 1.82) is 0 Å². The summed E-state index contributed by atoms with van der Waals surface area (Å²) in [6.45, 7) is 3.31. The van der Waals surface area contributed by atoms with Gasteiger partial charge in [0.1, 0.15) is 12.2 Å². The smallest absolute Gasteiger partial charge is 0.341 e. The van der Waals surface area contributed by atoms with Gasteiger partial charge in [-0.3, -0.25) is 0 Å². The van der Waals surface area contributed by atoms with Gasteiger partial charge in [0.15, 0.2) is 0 Å². The van der Waals surface area contributed by atoms with Gasteiger partial charge in [-0.1, -0.05) is 0 Å². The molecule has 18 heavy (non-hydrogen) atoms. The average Bonchev–Trinajstić information content (AvgIpc) is 2.33. The maximum atomic E-state index is 11.0. The van der Waals surface area contributed by atoms with E-state index in [1.165, 1.54) is 6.20 Å². The molecule has 0 atom stereocenters. The Morgan fingerprint density at radius 1 is 1.33 bits per heavy atom. The molecule has 0 bridgehead atoms. The van der Waals surface area contributed by atoms with Crippen molar-refractivity contribution >= 4 is 5.97 Å². The van der Waals surface area contributed by atoms with Crippen molar-refractivity contribution in [3.63, 3.8) is 0 Å². The molecule has 1 aromatic rings. The third kappa shape index (κ3) is 4.31. The van der Waals surface area contributed by atoms with Crippen molar-refractivity contribution in [1.82, 2.24) is 4.98 Å². The lowest BCUT2D eigenvalue weighted by molar-refractivity contribution is 0.0527. The molecule has 6 nitrogen and oxygen atoms in total. The van der Waals surface area contributed by atoms with Gasteiger partial charge in [0.25, 0.3) is 0 Å². The van der Waals surface area contributed by atoms with Gasteiger partial charge in [0.05, 0.1) is 19.8 Å². The Hall–Kier alpha value is -1.66. The molecule has 0 fully saturated rings. The fraction of sp³-hybridized carbons (Fsp3) is 0.500. The molecule has 1 aromatic heterocycles. The molecule has 0 saturated heterocycles. The lowest BCUT2D eigenvalue weighted by atomic mass is 10.1. The van der Waals surface area contributed by atoms with Gasteiger partial charge in [0, 0.05) is 13.3 Å². The number of carbonyl (C=O) groups is 1. The van der Waals surface area contributed by atoms with Crippen molar-refractivity contribution in [2.45, 2.75) is 6.92 Å². The van der Waals surface area contributed by atoms with Gasteiger partial charge in [-0.15, -0.1) is 0 Å². The highest BCUT2D eigenvalue weighted by molar-refractivity contribution is 5.91. The van der Waals surface area contributed by atoms with Crippen LogP contribution in [-0.4, -0.2) is 49.6 Å². The van der Waals surface area contributed by atoms with E-state index in [1.807, 2.05) is 0 Å². The van der Waals surface area contributed by atoms with E-state index in [0.29, 0.717) is 25.4 Å². The molecular weight excluding hydrogens is 238 g/mol. The Morgan fingerprint density at radius 2 is 2.06 bits per heavy atom. The minimum absolute atomic E-state index is 0.0920. The first kappa shape index (κ1) is 14.4. The third-order valence-electron chi connectivity index (χ3n) is 2.24. The van der Waals surface area contributed by atoms with Crippen LogP contribution >= 0.6 is 0 Å². The molecule has 0 aliphatic heterocycles. The highest BCUT2D eigenvalue weighted by Gasteiger charge is 2.15. The summed E-state index contributed by atoms with van der Waals surface area (Å²) in [7, 11) is 1.59. The van der Waals surface area contributed by atoms with Gasteiger partial charge < -0.3 is 19.3 Å². The summed E-state index contributed by atoms with van der Waals surface area (Å²) in [4.78, 5) is 15.0. The normalized spacial score (nSPS) is 10.3. The quantitative estimate of drug-likeness (QED) is 0.702. The Bertz CT molecular complexity index is 394. The van der Waals surface area contributed by atoms with Crippen molar-refractivity contribution in [3.8, 4) is 5.88 Å². The van der Waals surface area contributed by atoms with Crippen LogP contribution in [0.15, 0.2) is 12.3 Å². The molecule has 0 aliphatic carbocycles. The summed E-state index contributed by atoms with van der Waals surface area (Å²) in [5, 5.41) is 9.05. The van der Waals surface area contributed by atoms with Crippen LogP contribution in [0.25, 0.3) is 0 Å². The molecule has 0 unspecified atom stereocenters. The molecule has 1 rings (SSSR count). The third-order valence-corrected chi connectivity index (χ3v) is 2.24. The number of aromatic nitrogens is 1. The number of aryl methyl sites for hydroxylation is 1. The van der Waals surface area contributed by atoms with Gasteiger partial charge in [-0.2, -0.15) is 0 Å². The molecule has 100 valence electrons. The van der Waals surface area contributed by atoms with Crippen LogP contribution in [0.5, 0.6) is 5.88 Å². The molecule has 0 aliphatic rings. The second-order valence-corrected chi connectivity index (χ2v) is 3.57. The molecule has 6 heteroatoms. The maximum absolute atomic E-state index is 11.0. The Balaban J connectivity index is 2.47. The lowest BCUT2D eigenvalue weighted by Crippen LogP contribution is -2.13. The summed E-state index contributed by atoms with van der Waals surface area (Å²) >= 11 is 0. The van der Waals surface area contributed by atoms with Crippen molar-refractivity contribution in [2.75, 3.05) is 33.5 Å². The van der Waals surface area contributed by atoms with Crippen LogP contribution in [0.3, 0.4) is 0 Å². The predicted octanol–water partition coefficient (Wildman–Crippen LogP) is 1.13. The van der Waals surface area contributed by atoms with Gasteiger partial charge in [-0.25, -0.2) is 9.78 Å². The molecule has 0 saturated carbocycles. The zero-order chi connectivity index (χ0) is 13.4. The van der Waals surface area contributed by atoms with E-state index < -0.39 is 5.97 Å². The second-order valence-electron chi connectivity index (χ2n) is 3.57. The topological polar surface area (TPSA) is 77.9 Å². The second kappa shape index (κ2) is 7.62. The van der Waals surface area contributed by atoms with Crippen LogP contribution in [0.4, 0.5) is 0 Å². The number of rotatable bonds is 8. The molecule has 0 spiro atoms. The number of carboxylic acids is 1. The summed E-state index contributed by atoms with van der Waals surface area (Å²) in [6, 6.07) is 1.63. The van der Waals surface area contributed by atoms with E-state index in [2.05, 4.69) is 4.98 Å². The number of ether oxygens (including phenoxy) is 3. The van der Waals surface area contributed by atoms with E-state index in [9.17, 15) is 4.79 Å². The number of carboxylic acid groups (broad SMARTS) is 1. The average molecular weight is 255 g/mol. The lowest BCUT2D eigenvalue weighted by Gasteiger charge is -2.09. The minimum Gasteiger partial charge on any atom is -0.477 e. The van der Waals surface area contributed by atoms with Gasteiger partial charge >= 0.3 is 5.97 Å². The first-order valence-corrected chi connectivity index (χ1v) is 5.55. The zero-order valence-corrected chi connectivity index (χ0v) is 10.5. The van der Waals surface area contributed by atoms with Crippen LogP contribution in [-0.2, 0) is 9.47 Å². The molecule has 0 aromatic carbocycles. The van der Waals surface area contributed by atoms with Crippen LogP contribution in [0, 0.1) is 6.92 Å². The van der Waals surface area contributed by atoms with Crippen LogP contribution < -0.4 is 4.74 Å². The van der Waals surface area contributed by atoms with Gasteiger partial charge in [-0.05, 0) is 18.6 Å². The number of aromatic carboxylic acids is 1. The van der Waals surface area contributed by atoms with E-state index in [-0.39, 0.29) is 18.1 Å². The molecule has 0 radical (unpaired) electrons. The van der Waals surface area contributed by atoms with E-state index >= 15 is 0 Å². The highest BCUT2D eigenvalue weighted by Crippen LogP contribution is 2.18. The van der Waals surface area contributed by atoms with Crippen molar-refractivity contribution in [3.05, 3.63) is 23.4 Å². The van der Waals surface area contributed by atoms with Crippen molar-refractivity contribution in [2.24, 2.45) is 0 Å². The maximum Gasteiger partial charge on any atom is 0.341 e. The first-order valence-electron chi connectivity index (χ1n) is 5.55. The monoisotopic (exact) mass is 255 g/mol. The Morgan fingerprint density at radius 3 is 2.72 bits per heavy atom. The van der Waals surface area contributed by atoms with Gasteiger partial charge in [0.2, 0.25) is 5.88 Å². The summed E-state index contributed by atoms with van der Waals surface area (Å²) in [6.07, 6.45) is 1.52. The first-order chi connectivity index (χ1) is 8.66. The summed E-state index contributed by atoms with van der Waals surface area (Å²) in [5.41, 5.74) is 0.710. The van der Waals surface area contributed by atoms with Crippen LogP contribution in [0.2, 0.25) is 0 Å². The molecular formula is C12H17NO5. The number of hydrogen-bond acceptors (Lipinski definition) is 5. The van der Waals surface area contributed by atoms with E-state index in [1.54, 1.807) is 20.1 Å². The Labute approximate surface area is 106 Å².